The van der Waals surface area contributed by atoms with Crippen molar-refractivity contribution in [3.8, 4) is 28.3 Å². The van der Waals surface area contributed by atoms with Crippen molar-refractivity contribution in [2.24, 2.45) is 0 Å². The topological polar surface area (TPSA) is 101 Å². The van der Waals surface area contributed by atoms with Gasteiger partial charge in [0.2, 0.25) is 11.7 Å². The minimum absolute atomic E-state index is 0.116. The molecule has 0 spiro atoms. The summed E-state index contributed by atoms with van der Waals surface area (Å²) in [6, 6.07) is 15.8. The molecule has 0 aliphatic heterocycles. The number of ketones is 1. The van der Waals surface area contributed by atoms with E-state index in [0.717, 1.165) is 38.6 Å². The van der Waals surface area contributed by atoms with Gasteiger partial charge in [0.05, 0.1) is 4.88 Å². The number of benzene rings is 3. The number of hydrogen-bond acceptors (Lipinski definition) is 6. The van der Waals surface area contributed by atoms with Gasteiger partial charge in [-0.2, -0.15) is 0 Å². The summed E-state index contributed by atoms with van der Waals surface area (Å²) in [6.45, 7) is 3.73. The molecular weight excluding hydrogens is 486 g/mol. The van der Waals surface area contributed by atoms with Crippen LogP contribution in [0.4, 0.5) is 0 Å². The Labute approximate surface area is 209 Å². The summed E-state index contributed by atoms with van der Waals surface area (Å²) in [4.78, 5) is 29.5. The maximum absolute atomic E-state index is 13.8. The third kappa shape index (κ3) is 4.09. The van der Waals surface area contributed by atoms with Crippen molar-refractivity contribution in [3.05, 3.63) is 93.1 Å². The number of carboxylic acids is 1. The number of aryl methyl sites for hydroxylation is 2. The van der Waals surface area contributed by atoms with Gasteiger partial charge in [-0.15, -0.1) is 11.3 Å². The van der Waals surface area contributed by atoms with Crippen molar-refractivity contribution in [2.45, 2.75) is 13.8 Å². The lowest BCUT2D eigenvalue weighted by Crippen LogP contribution is -2.06. The van der Waals surface area contributed by atoms with Crippen molar-refractivity contribution in [1.29, 1.82) is 0 Å². The summed E-state index contributed by atoms with van der Waals surface area (Å²) in [5, 5.41) is 20.5. The van der Waals surface area contributed by atoms with Crippen LogP contribution in [0.1, 0.15) is 36.9 Å². The number of aromatic hydroxyl groups is 1. The number of carboxylic acid groups (broad SMARTS) is 1. The molecule has 174 valence electrons. The molecular formula is C27H18ClNO5S. The van der Waals surface area contributed by atoms with E-state index >= 15 is 0 Å². The third-order valence-corrected chi connectivity index (χ3v) is 7.12. The van der Waals surface area contributed by atoms with Gasteiger partial charge in [-0.1, -0.05) is 23.7 Å². The summed E-state index contributed by atoms with van der Waals surface area (Å²) in [5.74, 6) is -0.967. The molecule has 5 rings (SSSR count). The van der Waals surface area contributed by atoms with E-state index in [1.807, 2.05) is 26.0 Å². The SMILES string of the molecule is Cc1cc(Cl)cc(C)c1C(=O)c1sc2cc(O)ccc2c1-c1ccc(-c2nc(C(=O)O)co2)cc1. The lowest BCUT2D eigenvalue weighted by molar-refractivity contribution is 0.0690. The van der Waals surface area contributed by atoms with Crippen molar-refractivity contribution < 1.29 is 24.2 Å². The molecule has 6 nitrogen and oxygen atoms in total. The summed E-state index contributed by atoms with van der Waals surface area (Å²) in [5.41, 5.74) is 4.17. The van der Waals surface area contributed by atoms with E-state index in [2.05, 4.69) is 4.98 Å². The number of carbonyl (C=O) groups is 2. The van der Waals surface area contributed by atoms with E-state index in [4.69, 9.17) is 21.1 Å². The number of aromatic nitrogens is 1. The molecule has 0 atom stereocenters. The number of aromatic carboxylic acids is 1. The zero-order valence-corrected chi connectivity index (χ0v) is 20.2. The van der Waals surface area contributed by atoms with Gasteiger partial charge in [-0.05, 0) is 73.0 Å². The molecule has 0 fully saturated rings. The normalized spacial score (nSPS) is 11.2. The van der Waals surface area contributed by atoms with Gasteiger partial charge in [0.1, 0.15) is 12.0 Å². The number of carbonyl (C=O) groups excluding carboxylic acids is 1. The van der Waals surface area contributed by atoms with Crippen LogP contribution in [0.2, 0.25) is 5.02 Å². The van der Waals surface area contributed by atoms with Gasteiger partial charge in [0.25, 0.3) is 0 Å². The van der Waals surface area contributed by atoms with Crippen LogP contribution in [-0.4, -0.2) is 26.9 Å². The van der Waals surface area contributed by atoms with Gasteiger partial charge in [-0.25, -0.2) is 9.78 Å². The first kappa shape index (κ1) is 22.8. The Bertz CT molecular complexity index is 1610. The first-order valence-electron chi connectivity index (χ1n) is 10.6. The van der Waals surface area contributed by atoms with Crippen LogP contribution in [0.25, 0.3) is 32.7 Å². The van der Waals surface area contributed by atoms with Gasteiger partial charge in [0, 0.05) is 31.8 Å². The van der Waals surface area contributed by atoms with Gasteiger partial charge in [0.15, 0.2) is 5.69 Å². The molecule has 0 unspecified atom stereocenters. The lowest BCUT2D eigenvalue weighted by Gasteiger charge is -2.11. The second-order valence-corrected chi connectivity index (χ2v) is 9.64. The lowest BCUT2D eigenvalue weighted by atomic mass is 9.93. The first-order chi connectivity index (χ1) is 16.7. The second kappa shape index (κ2) is 8.69. The molecule has 0 bridgehead atoms. The first-order valence-corrected chi connectivity index (χ1v) is 11.8. The minimum Gasteiger partial charge on any atom is -0.508 e. The zero-order chi connectivity index (χ0) is 24.9. The number of oxazole rings is 1. The van der Waals surface area contributed by atoms with Crippen molar-refractivity contribution in [2.75, 3.05) is 0 Å². The molecule has 8 heteroatoms. The number of fused-ring (bicyclic) bond motifs is 1. The second-order valence-electron chi connectivity index (χ2n) is 8.15. The molecule has 0 saturated carbocycles. The Morgan fingerprint density at radius 2 is 1.63 bits per heavy atom. The summed E-state index contributed by atoms with van der Waals surface area (Å²) in [7, 11) is 0. The molecule has 0 amide bonds. The fraction of sp³-hybridized carbons (Fsp3) is 0.0741. The summed E-state index contributed by atoms with van der Waals surface area (Å²) in [6.07, 6.45) is 1.10. The molecule has 5 aromatic rings. The Hall–Kier alpha value is -3.94. The summed E-state index contributed by atoms with van der Waals surface area (Å²) >= 11 is 7.51. The fourth-order valence-corrected chi connectivity index (χ4v) is 5.73. The number of thiophene rings is 1. The van der Waals surface area contributed by atoms with Crippen LogP contribution >= 0.6 is 22.9 Å². The Kier molecular flexibility index (Phi) is 5.67. The standard InChI is InChI=1S/C27H18ClNO5S/c1-13-9-17(28)10-14(2)22(13)24(31)25-23(19-8-7-18(30)11-21(19)35-25)15-3-5-16(6-4-15)26-29-20(12-34-26)27(32)33/h3-12,30H,1-2H3,(H,32,33). The number of rotatable bonds is 5. The number of phenols is 1. The monoisotopic (exact) mass is 503 g/mol. The predicted octanol–water partition coefficient (Wildman–Crippen LogP) is 7.13. The molecule has 0 aliphatic rings. The zero-order valence-electron chi connectivity index (χ0n) is 18.6. The Morgan fingerprint density at radius 1 is 0.971 bits per heavy atom. The minimum atomic E-state index is -1.17. The molecule has 35 heavy (non-hydrogen) atoms. The van der Waals surface area contributed by atoms with Crippen molar-refractivity contribution >= 4 is 44.8 Å². The maximum atomic E-state index is 13.8. The van der Waals surface area contributed by atoms with Crippen molar-refractivity contribution in [1.82, 2.24) is 4.98 Å². The number of phenolic OH excluding ortho intramolecular Hbond substituents is 1. The number of halogens is 1. The molecule has 3 aromatic carbocycles. The van der Waals surface area contributed by atoms with Crippen LogP contribution in [-0.2, 0) is 0 Å². The van der Waals surface area contributed by atoms with Crippen LogP contribution in [0.5, 0.6) is 5.75 Å². The number of nitrogens with zero attached hydrogens (tertiary/aromatic N) is 1. The quantitative estimate of drug-likeness (QED) is 0.247. The molecule has 0 saturated heterocycles. The van der Waals surface area contributed by atoms with Crippen molar-refractivity contribution in [3.63, 3.8) is 0 Å². The molecule has 2 aromatic heterocycles. The Balaban J connectivity index is 1.65. The van der Waals surface area contributed by atoms with Crippen LogP contribution in [0.3, 0.4) is 0 Å². The van der Waals surface area contributed by atoms with E-state index in [0.29, 0.717) is 21.0 Å². The molecule has 2 N–H and O–H groups in total. The maximum Gasteiger partial charge on any atom is 0.357 e. The highest BCUT2D eigenvalue weighted by Gasteiger charge is 2.24. The predicted molar refractivity (Wildman–Crippen MR) is 136 cm³/mol. The summed E-state index contributed by atoms with van der Waals surface area (Å²) < 4.78 is 6.09. The van der Waals surface area contributed by atoms with Crippen LogP contribution < -0.4 is 0 Å². The van der Waals surface area contributed by atoms with Gasteiger partial charge < -0.3 is 14.6 Å². The largest absolute Gasteiger partial charge is 0.508 e. The van der Waals surface area contributed by atoms with Gasteiger partial charge >= 0.3 is 5.97 Å². The highest BCUT2D eigenvalue weighted by Crippen LogP contribution is 2.42. The number of hydrogen-bond donors (Lipinski definition) is 2. The van der Waals surface area contributed by atoms with Crippen LogP contribution in [0, 0.1) is 13.8 Å². The highest BCUT2D eigenvalue weighted by molar-refractivity contribution is 7.21. The smallest absolute Gasteiger partial charge is 0.357 e. The fourth-order valence-electron chi connectivity index (χ4n) is 4.20. The molecule has 0 radical (unpaired) electrons. The third-order valence-electron chi connectivity index (χ3n) is 5.75. The molecule has 0 aliphatic carbocycles. The average Bonchev–Trinajstić information content (AvgIpc) is 3.44. The highest BCUT2D eigenvalue weighted by atomic mass is 35.5. The van der Waals surface area contributed by atoms with E-state index < -0.39 is 5.97 Å². The molecule has 2 heterocycles. The Morgan fingerprint density at radius 3 is 2.26 bits per heavy atom. The van der Waals surface area contributed by atoms with E-state index in [1.54, 1.807) is 42.5 Å². The van der Waals surface area contributed by atoms with E-state index in [1.165, 1.54) is 11.3 Å². The average molecular weight is 504 g/mol. The van der Waals surface area contributed by atoms with E-state index in [-0.39, 0.29) is 23.1 Å². The van der Waals surface area contributed by atoms with E-state index in [9.17, 15) is 14.7 Å². The van der Waals surface area contributed by atoms with Gasteiger partial charge in [-0.3, -0.25) is 4.79 Å². The van der Waals surface area contributed by atoms with Crippen LogP contribution in [0.15, 0.2) is 65.3 Å².